The summed E-state index contributed by atoms with van der Waals surface area (Å²) in [5.41, 5.74) is 6.27. The topological polar surface area (TPSA) is 90.7 Å². The lowest BCUT2D eigenvalue weighted by Crippen LogP contribution is -2.68. The maximum Gasteiger partial charge on any atom is 0.305 e. The zero-order valence-electron chi connectivity index (χ0n) is 29.8. The molecular weight excluding hydrogens is 679 g/mol. The Morgan fingerprint density at radius 2 is 1.41 bits per heavy atom. The van der Waals surface area contributed by atoms with Gasteiger partial charge in [0.2, 0.25) is 0 Å². The first-order chi connectivity index (χ1) is 24.3. The van der Waals surface area contributed by atoms with Crippen LogP contribution in [-0.4, -0.2) is 48.5 Å². The minimum absolute atomic E-state index is 0.133. The molecule has 10 heteroatoms. The van der Waals surface area contributed by atoms with Crippen molar-refractivity contribution in [1.29, 1.82) is 0 Å². The lowest BCUT2D eigenvalue weighted by atomic mass is 9.99. The second-order valence-electron chi connectivity index (χ2n) is 13.8. The Balaban J connectivity index is 1.65. The molecule has 2 atom stereocenters. The normalized spacial score (nSPS) is 13.6. The van der Waals surface area contributed by atoms with Crippen LogP contribution in [-0.2, 0) is 18.3 Å². The monoisotopic (exact) mass is 722 g/mol. The van der Waals surface area contributed by atoms with Crippen molar-refractivity contribution < 1.29 is 27.8 Å². The van der Waals surface area contributed by atoms with Crippen molar-refractivity contribution in [2.24, 2.45) is 0 Å². The van der Waals surface area contributed by atoms with Crippen molar-refractivity contribution in [3.63, 3.8) is 0 Å². The van der Waals surface area contributed by atoms with E-state index in [0.29, 0.717) is 22.5 Å². The first-order valence-electron chi connectivity index (χ1n) is 16.9. The van der Waals surface area contributed by atoms with Crippen molar-refractivity contribution in [2.45, 2.75) is 58.2 Å². The molecule has 264 valence electrons. The van der Waals surface area contributed by atoms with Gasteiger partial charge >= 0.3 is 5.97 Å². The molecule has 1 unspecified atom stereocenters. The molecule has 1 N–H and O–H groups in total. The molecule has 5 rings (SSSR count). The minimum Gasteiger partial charge on any atom is -0.481 e. The molecule has 51 heavy (non-hydrogen) atoms. The second kappa shape index (κ2) is 15.8. The summed E-state index contributed by atoms with van der Waals surface area (Å²) in [6.45, 7) is 10.2. The van der Waals surface area contributed by atoms with Crippen LogP contribution in [0.1, 0.15) is 52.8 Å². The summed E-state index contributed by atoms with van der Waals surface area (Å²) in [6, 6.07) is 35.4. The van der Waals surface area contributed by atoms with Gasteiger partial charge in [0.25, 0.3) is 15.7 Å². The van der Waals surface area contributed by atoms with Crippen LogP contribution in [0.25, 0.3) is 22.4 Å². The highest BCUT2D eigenvalue weighted by Gasteiger charge is 2.52. The van der Waals surface area contributed by atoms with Gasteiger partial charge in [0.05, 0.1) is 18.7 Å². The molecule has 1 aromatic heterocycles. The van der Waals surface area contributed by atoms with E-state index in [9.17, 15) is 18.9 Å². The van der Waals surface area contributed by atoms with Crippen LogP contribution in [0, 0.1) is 17.4 Å². The molecule has 0 amide bonds. The Hall–Kier alpha value is -4.58. The number of rotatable bonds is 12. The number of aromatic nitrogens is 2. The van der Waals surface area contributed by atoms with Gasteiger partial charge in [-0.3, -0.25) is 14.0 Å². The van der Waals surface area contributed by atoms with Crippen molar-refractivity contribution in [2.75, 3.05) is 13.3 Å². The Morgan fingerprint density at radius 3 is 1.88 bits per heavy atom. The fourth-order valence-electron chi connectivity index (χ4n) is 6.47. The average molecular weight is 723 g/mol. The number of hydrogen-bond acceptors (Lipinski definition) is 5. The summed E-state index contributed by atoms with van der Waals surface area (Å²) in [4.78, 5) is 12.4. The van der Waals surface area contributed by atoms with E-state index < -0.39 is 39.2 Å². The van der Waals surface area contributed by atoms with Gasteiger partial charge in [0, 0.05) is 24.3 Å². The summed E-state index contributed by atoms with van der Waals surface area (Å²) in [7, 11) is -5.76. The largest absolute Gasteiger partial charge is 0.481 e. The fourth-order valence-corrected chi connectivity index (χ4v) is 12.6. The van der Waals surface area contributed by atoms with E-state index in [2.05, 4.69) is 32.4 Å². The van der Waals surface area contributed by atoms with Crippen LogP contribution in [0.2, 0.25) is 5.04 Å². The number of hydrogen-bond donors (Lipinski definition) is 1. The zero-order chi connectivity index (χ0) is 36.8. The number of nitrogens with zero attached hydrogens (tertiary/aromatic N) is 2. The summed E-state index contributed by atoms with van der Waals surface area (Å²) in [5, 5.41) is 16.6. The van der Waals surface area contributed by atoms with Gasteiger partial charge in [-0.2, -0.15) is 5.10 Å². The molecule has 0 fully saturated rings. The van der Waals surface area contributed by atoms with Gasteiger partial charge in [0.1, 0.15) is 17.2 Å². The van der Waals surface area contributed by atoms with Crippen LogP contribution < -0.4 is 10.4 Å². The van der Waals surface area contributed by atoms with Gasteiger partial charge in [-0.15, -0.1) is 0 Å². The quantitative estimate of drug-likeness (QED) is 0.0789. The van der Waals surface area contributed by atoms with E-state index >= 15 is 0 Å². The molecule has 1 heterocycles. The lowest BCUT2D eigenvalue weighted by molar-refractivity contribution is -0.138. The molecule has 0 aliphatic heterocycles. The number of carboxylic acids is 1. The van der Waals surface area contributed by atoms with Crippen LogP contribution in [0.3, 0.4) is 0 Å². The lowest BCUT2D eigenvalue weighted by Gasteiger charge is -2.45. The van der Waals surface area contributed by atoms with Gasteiger partial charge in [-0.25, -0.2) is 4.39 Å². The Morgan fingerprint density at radius 1 is 0.882 bits per heavy atom. The first kappa shape index (κ1) is 37.7. The van der Waals surface area contributed by atoms with Crippen LogP contribution in [0.15, 0.2) is 115 Å². The molecule has 0 aliphatic rings. The molecular formula is C41H44FN2O5PSi. The third-order valence-corrected chi connectivity index (χ3v) is 15.8. The SMILES string of the molecule is COP(=O)(C#Cc1c(-c2ccc(F)cc2)c(-c2ccccc2)nn1C(C)C)C[C@H](CC(=O)O)O[Si](c1ccccc1)(c1ccccc1)C(C)(C)C. The molecule has 0 saturated heterocycles. The van der Waals surface area contributed by atoms with Gasteiger partial charge < -0.3 is 14.1 Å². The third kappa shape index (κ3) is 8.32. The maximum atomic E-state index is 14.7. The summed E-state index contributed by atoms with van der Waals surface area (Å²) in [6.07, 6.45) is -1.65. The van der Waals surface area contributed by atoms with E-state index in [-0.39, 0.29) is 18.0 Å². The zero-order valence-corrected chi connectivity index (χ0v) is 31.7. The molecule has 0 saturated carbocycles. The summed E-state index contributed by atoms with van der Waals surface area (Å²) < 4.78 is 43.3. The van der Waals surface area contributed by atoms with Crippen LogP contribution in [0.4, 0.5) is 4.39 Å². The minimum atomic E-state index is -3.86. The smallest absolute Gasteiger partial charge is 0.305 e. The highest BCUT2D eigenvalue weighted by atomic mass is 31.2. The number of carboxylic acid groups (broad SMARTS) is 1. The number of carbonyl (C=O) groups is 1. The number of aliphatic carboxylic acids is 1. The third-order valence-electron chi connectivity index (χ3n) is 8.83. The molecule has 5 aromatic rings. The van der Waals surface area contributed by atoms with Crippen molar-refractivity contribution in [3.8, 4) is 34.0 Å². The molecule has 7 nitrogen and oxygen atoms in total. The van der Waals surface area contributed by atoms with E-state index in [1.54, 1.807) is 16.8 Å². The molecule has 0 spiro atoms. The first-order valence-corrected chi connectivity index (χ1v) is 20.6. The van der Waals surface area contributed by atoms with E-state index in [1.165, 1.54) is 19.2 Å². The molecule has 0 aliphatic carbocycles. The predicted molar refractivity (Wildman–Crippen MR) is 205 cm³/mol. The van der Waals surface area contributed by atoms with E-state index in [0.717, 1.165) is 15.9 Å². The van der Waals surface area contributed by atoms with E-state index in [4.69, 9.17) is 14.0 Å². The second-order valence-corrected chi connectivity index (χ2v) is 20.3. The van der Waals surface area contributed by atoms with Crippen molar-refractivity contribution >= 4 is 32.0 Å². The fraction of sp³-hybridized carbons (Fsp3) is 0.268. The van der Waals surface area contributed by atoms with Gasteiger partial charge in [0.15, 0.2) is 0 Å². The number of benzene rings is 4. The highest BCUT2D eigenvalue weighted by Crippen LogP contribution is 2.48. The molecule has 0 radical (unpaired) electrons. The average Bonchev–Trinajstić information content (AvgIpc) is 3.50. The Kier molecular flexibility index (Phi) is 11.6. The summed E-state index contributed by atoms with van der Waals surface area (Å²) >= 11 is 0. The van der Waals surface area contributed by atoms with E-state index in [1.807, 2.05) is 105 Å². The van der Waals surface area contributed by atoms with Crippen molar-refractivity contribution in [3.05, 3.63) is 127 Å². The van der Waals surface area contributed by atoms with Gasteiger partial charge in [-0.05, 0) is 58.5 Å². The molecule has 4 aromatic carbocycles. The number of halogens is 1. The predicted octanol–water partition coefficient (Wildman–Crippen LogP) is 8.59. The maximum absolute atomic E-state index is 14.7. The standard InChI is InChI=1S/C41H44FN2O5PSi/c1-30(2)44-37(39(31-22-24-33(42)25-23-31)40(43-44)32-16-10-7-11-17-32)26-27-50(47,48-6)29-34(28-38(45)46)49-51(41(3,4)5,35-18-12-8-13-19-35)36-20-14-9-15-21-36/h7-25,30,34H,28-29H2,1-6H3,(H,45,46)/t34-,50?/m0/s1. The Bertz CT molecular complexity index is 2010. The van der Waals surface area contributed by atoms with Crippen LogP contribution >= 0.6 is 7.37 Å². The Labute approximate surface area is 301 Å². The summed E-state index contributed by atoms with van der Waals surface area (Å²) in [5.74, 6) is 1.69. The highest BCUT2D eigenvalue weighted by molar-refractivity contribution is 7.64. The van der Waals surface area contributed by atoms with Gasteiger partial charge in [-0.1, -0.05) is 124 Å². The van der Waals surface area contributed by atoms with Crippen LogP contribution in [0.5, 0.6) is 0 Å². The van der Waals surface area contributed by atoms with Crippen molar-refractivity contribution in [1.82, 2.24) is 9.78 Å². The molecule has 0 bridgehead atoms.